The van der Waals surface area contributed by atoms with Gasteiger partial charge in [-0.25, -0.2) is 4.79 Å². The van der Waals surface area contributed by atoms with Gasteiger partial charge in [-0.3, -0.25) is 4.68 Å². The highest BCUT2D eigenvalue weighted by atomic mass is 16.6. The first-order valence-corrected chi connectivity index (χ1v) is 6.22. The summed E-state index contributed by atoms with van der Waals surface area (Å²) in [6, 6.07) is 0. The van der Waals surface area contributed by atoms with E-state index < -0.39 is 23.9 Å². The molecule has 1 aromatic heterocycles. The number of rotatable bonds is 4. The normalized spacial score (nSPS) is 14.7. The zero-order chi connectivity index (χ0) is 15.5. The van der Waals surface area contributed by atoms with Crippen LogP contribution in [0.5, 0.6) is 0 Å². The minimum Gasteiger partial charge on any atom is -0.444 e. The van der Waals surface area contributed by atoms with Crippen LogP contribution in [0.4, 0.5) is 10.6 Å². The van der Waals surface area contributed by atoms with Crippen LogP contribution in [0, 0.1) is 0 Å². The first-order valence-electron chi connectivity index (χ1n) is 6.22. The number of aromatic nitrogens is 2. The molecule has 8 heteroatoms. The highest BCUT2D eigenvalue weighted by Gasteiger charge is 2.24. The molecule has 0 aliphatic heterocycles. The van der Waals surface area contributed by atoms with Crippen LogP contribution in [0.25, 0.3) is 0 Å². The predicted molar refractivity (Wildman–Crippen MR) is 72.8 cm³/mol. The lowest BCUT2D eigenvalue weighted by atomic mass is 10.1. The van der Waals surface area contributed by atoms with E-state index in [1.165, 1.54) is 10.9 Å². The van der Waals surface area contributed by atoms with Gasteiger partial charge in [0.25, 0.3) is 0 Å². The number of aryl methyl sites for hydroxylation is 1. The molecule has 114 valence electrons. The molecular formula is C12H22N4O4. The summed E-state index contributed by atoms with van der Waals surface area (Å²) in [6.45, 7) is 5.03. The number of nitrogens with two attached hydrogens (primary N) is 1. The fourth-order valence-electron chi connectivity index (χ4n) is 1.51. The van der Waals surface area contributed by atoms with Gasteiger partial charge in [0.2, 0.25) is 0 Å². The van der Waals surface area contributed by atoms with Crippen molar-refractivity contribution in [1.82, 2.24) is 15.1 Å². The lowest BCUT2D eigenvalue weighted by molar-refractivity contribution is 0.0133. The second-order valence-electron chi connectivity index (χ2n) is 5.50. The second-order valence-corrected chi connectivity index (χ2v) is 5.50. The van der Waals surface area contributed by atoms with E-state index in [2.05, 4.69) is 10.4 Å². The zero-order valence-electron chi connectivity index (χ0n) is 12.1. The number of hydrogen-bond acceptors (Lipinski definition) is 6. The van der Waals surface area contributed by atoms with Gasteiger partial charge in [0.15, 0.2) is 0 Å². The van der Waals surface area contributed by atoms with Gasteiger partial charge in [-0.2, -0.15) is 5.10 Å². The Labute approximate surface area is 117 Å². The molecule has 0 spiro atoms. The topological polar surface area (TPSA) is 123 Å². The highest BCUT2D eigenvalue weighted by molar-refractivity contribution is 5.67. The van der Waals surface area contributed by atoms with Crippen LogP contribution >= 0.6 is 0 Å². The number of nitrogens with one attached hydrogen (secondary N) is 1. The molecule has 0 saturated carbocycles. The summed E-state index contributed by atoms with van der Waals surface area (Å²) >= 11 is 0. The number of carbonyl (C=O) groups is 1. The maximum Gasteiger partial charge on any atom is 0.407 e. The summed E-state index contributed by atoms with van der Waals surface area (Å²) in [5.74, 6) is 0.258. The molecule has 0 aromatic carbocycles. The van der Waals surface area contributed by atoms with E-state index in [9.17, 15) is 15.0 Å². The standard InChI is InChI=1S/C12H22N4O4/c1-12(2,3)20-11(19)14-6-8(17)9(18)7-5-15-16(4)10(7)13/h5,8-9,17-18H,6,13H2,1-4H3,(H,14,19). The Morgan fingerprint density at radius 2 is 2.15 bits per heavy atom. The third kappa shape index (κ3) is 4.39. The SMILES string of the molecule is Cn1ncc(C(O)C(O)CNC(=O)OC(C)(C)C)c1N. The van der Waals surface area contributed by atoms with Crippen LogP contribution in [0.3, 0.4) is 0 Å². The number of aliphatic hydroxyl groups is 2. The van der Waals surface area contributed by atoms with Gasteiger partial charge in [-0.1, -0.05) is 0 Å². The van der Waals surface area contributed by atoms with E-state index in [0.717, 1.165) is 0 Å². The third-order valence-electron chi connectivity index (χ3n) is 2.55. The fourth-order valence-corrected chi connectivity index (χ4v) is 1.51. The molecule has 8 nitrogen and oxygen atoms in total. The summed E-state index contributed by atoms with van der Waals surface area (Å²) < 4.78 is 6.40. The molecule has 0 aliphatic rings. The molecule has 20 heavy (non-hydrogen) atoms. The van der Waals surface area contributed by atoms with Crippen LogP contribution in [0.2, 0.25) is 0 Å². The number of carbonyl (C=O) groups excluding carboxylic acids is 1. The number of aliphatic hydroxyl groups excluding tert-OH is 2. The summed E-state index contributed by atoms with van der Waals surface area (Å²) in [4.78, 5) is 11.4. The van der Waals surface area contributed by atoms with Gasteiger partial charge in [0, 0.05) is 19.2 Å². The van der Waals surface area contributed by atoms with Crippen molar-refractivity contribution in [3.63, 3.8) is 0 Å². The van der Waals surface area contributed by atoms with Crippen LogP contribution in [0.1, 0.15) is 32.4 Å². The van der Waals surface area contributed by atoms with Crippen LogP contribution in [0.15, 0.2) is 6.20 Å². The molecule has 1 heterocycles. The summed E-state index contributed by atoms with van der Waals surface area (Å²) in [6.07, 6.45) is -1.74. The van der Waals surface area contributed by atoms with Gasteiger partial charge in [-0.15, -0.1) is 0 Å². The molecule has 0 radical (unpaired) electrons. The quantitative estimate of drug-likeness (QED) is 0.614. The molecule has 1 aromatic rings. The number of anilines is 1. The van der Waals surface area contributed by atoms with Crippen molar-refractivity contribution in [2.45, 2.75) is 38.6 Å². The molecule has 2 atom stereocenters. The average Bonchev–Trinajstić information content (AvgIpc) is 2.64. The first-order chi connectivity index (χ1) is 9.11. The fraction of sp³-hybridized carbons (Fsp3) is 0.667. The molecule has 0 saturated heterocycles. The Hall–Kier alpha value is -1.80. The predicted octanol–water partition coefficient (Wildman–Crippen LogP) is -0.0787. The van der Waals surface area contributed by atoms with E-state index in [0.29, 0.717) is 5.56 Å². The number of alkyl carbamates (subject to hydrolysis) is 1. The van der Waals surface area contributed by atoms with Gasteiger partial charge < -0.3 is 26.0 Å². The number of nitrogen functional groups attached to an aromatic ring is 1. The largest absolute Gasteiger partial charge is 0.444 e. The maximum absolute atomic E-state index is 11.4. The molecule has 0 aliphatic carbocycles. The Balaban J connectivity index is 2.53. The Kier molecular flexibility index (Phi) is 4.96. The molecule has 1 amide bonds. The van der Waals surface area contributed by atoms with Crippen LogP contribution < -0.4 is 11.1 Å². The number of hydrogen-bond donors (Lipinski definition) is 4. The summed E-state index contributed by atoms with van der Waals surface area (Å²) in [5, 5.41) is 26.0. The van der Waals surface area contributed by atoms with E-state index in [-0.39, 0.29) is 12.4 Å². The average molecular weight is 286 g/mol. The van der Waals surface area contributed by atoms with E-state index in [4.69, 9.17) is 10.5 Å². The summed E-state index contributed by atoms with van der Waals surface area (Å²) in [5.41, 5.74) is 5.39. The monoisotopic (exact) mass is 286 g/mol. The van der Waals surface area contributed by atoms with E-state index in [1.807, 2.05) is 0 Å². The molecular weight excluding hydrogens is 264 g/mol. The maximum atomic E-state index is 11.4. The number of amides is 1. The lowest BCUT2D eigenvalue weighted by Crippen LogP contribution is -2.38. The van der Waals surface area contributed by atoms with Crippen LogP contribution in [-0.2, 0) is 11.8 Å². The molecule has 1 rings (SSSR count). The van der Waals surface area contributed by atoms with Crippen molar-refractivity contribution in [2.75, 3.05) is 12.3 Å². The molecule has 0 fully saturated rings. The number of nitrogens with zero attached hydrogens (tertiary/aromatic N) is 2. The van der Waals surface area contributed by atoms with E-state index in [1.54, 1.807) is 27.8 Å². The second kappa shape index (κ2) is 6.10. The highest BCUT2D eigenvalue weighted by Crippen LogP contribution is 2.22. The van der Waals surface area contributed by atoms with Gasteiger partial charge >= 0.3 is 6.09 Å². The van der Waals surface area contributed by atoms with Crippen molar-refractivity contribution in [2.24, 2.45) is 7.05 Å². The Morgan fingerprint density at radius 3 is 2.60 bits per heavy atom. The minimum absolute atomic E-state index is 0.162. The van der Waals surface area contributed by atoms with Gasteiger partial charge in [0.1, 0.15) is 23.6 Å². The zero-order valence-corrected chi connectivity index (χ0v) is 12.1. The van der Waals surface area contributed by atoms with Crippen molar-refractivity contribution >= 4 is 11.9 Å². The van der Waals surface area contributed by atoms with Crippen molar-refractivity contribution in [3.8, 4) is 0 Å². The molecule has 2 unspecified atom stereocenters. The molecule has 5 N–H and O–H groups in total. The van der Waals surface area contributed by atoms with Crippen molar-refractivity contribution in [3.05, 3.63) is 11.8 Å². The van der Waals surface area contributed by atoms with E-state index >= 15 is 0 Å². The smallest absolute Gasteiger partial charge is 0.407 e. The van der Waals surface area contributed by atoms with Crippen molar-refractivity contribution < 1.29 is 19.7 Å². The molecule has 0 bridgehead atoms. The Bertz CT molecular complexity index is 467. The number of ether oxygens (including phenoxy) is 1. The first kappa shape index (κ1) is 16.3. The van der Waals surface area contributed by atoms with Gasteiger partial charge in [0.05, 0.1) is 6.20 Å². The Morgan fingerprint density at radius 1 is 1.55 bits per heavy atom. The van der Waals surface area contributed by atoms with Gasteiger partial charge in [-0.05, 0) is 20.8 Å². The van der Waals surface area contributed by atoms with Crippen molar-refractivity contribution in [1.29, 1.82) is 0 Å². The third-order valence-corrected chi connectivity index (χ3v) is 2.55. The summed E-state index contributed by atoms with van der Waals surface area (Å²) in [7, 11) is 1.62. The minimum atomic E-state index is -1.24. The van der Waals surface area contributed by atoms with Crippen LogP contribution in [-0.4, -0.2) is 44.3 Å². The lowest BCUT2D eigenvalue weighted by Gasteiger charge is -2.22.